The summed E-state index contributed by atoms with van der Waals surface area (Å²) in [6.45, 7) is 3.46. The molecule has 0 spiro atoms. The molecule has 4 nitrogen and oxygen atoms in total. The maximum Gasteiger partial charge on any atom is 0.0900 e. The second-order valence-corrected chi connectivity index (χ2v) is 6.47. The Morgan fingerprint density at radius 1 is 1.23 bits per heavy atom. The molecular weight excluding hydrogens is 278 g/mol. The van der Waals surface area contributed by atoms with Gasteiger partial charge in [-0.3, -0.25) is 4.90 Å². The Morgan fingerprint density at radius 3 is 2.73 bits per heavy atom. The number of hydrogen-bond acceptors (Lipinski definition) is 4. The fourth-order valence-electron chi connectivity index (χ4n) is 3.04. The van der Waals surface area contributed by atoms with Crippen LogP contribution >= 0.6 is 0 Å². The Kier molecular flexibility index (Phi) is 5.84. The van der Waals surface area contributed by atoms with Crippen LogP contribution in [0.5, 0.6) is 0 Å². The second-order valence-electron chi connectivity index (χ2n) is 6.47. The molecule has 2 aliphatic rings. The number of aliphatic hydroxyl groups is 1. The molecule has 1 aromatic carbocycles. The molecule has 4 heteroatoms. The first kappa shape index (κ1) is 15.9. The summed E-state index contributed by atoms with van der Waals surface area (Å²) < 4.78 is 11.2. The Bertz CT molecular complexity index is 429. The summed E-state index contributed by atoms with van der Waals surface area (Å²) in [5.41, 5.74) is 1.31. The minimum atomic E-state index is -0.425. The minimum Gasteiger partial charge on any atom is -0.389 e. The van der Waals surface area contributed by atoms with Gasteiger partial charge in [-0.15, -0.1) is 0 Å². The van der Waals surface area contributed by atoms with Crippen LogP contribution in [0.1, 0.15) is 31.2 Å². The highest BCUT2D eigenvalue weighted by molar-refractivity contribution is 5.15. The molecule has 2 atom stereocenters. The van der Waals surface area contributed by atoms with Crippen LogP contribution in [-0.4, -0.2) is 54.6 Å². The van der Waals surface area contributed by atoms with E-state index in [1.165, 1.54) is 18.4 Å². The standard InChI is InChI=1S/C18H27NO3/c20-17(13-21-14-18-7-4-10-22-18)12-19(16-8-9-16)11-15-5-2-1-3-6-15/h1-3,5-6,16-18,20H,4,7-14H2. The Labute approximate surface area is 133 Å². The average molecular weight is 305 g/mol. The Balaban J connectivity index is 1.40. The van der Waals surface area contributed by atoms with Crippen molar-refractivity contribution < 1.29 is 14.6 Å². The zero-order chi connectivity index (χ0) is 15.2. The van der Waals surface area contributed by atoms with Gasteiger partial charge in [0.25, 0.3) is 0 Å². The molecule has 0 radical (unpaired) electrons. The zero-order valence-corrected chi connectivity index (χ0v) is 13.2. The maximum atomic E-state index is 10.2. The first-order valence-electron chi connectivity index (χ1n) is 8.46. The van der Waals surface area contributed by atoms with Crippen LogP contribution in [0.4, 0.5) is 0 Å². The van der Waals surface area contributed by atoms with E-state index in [4.69, 9.17) is 9.47 Å². The molecule has 1 aliphatic carbocycles. The Hall–Kier alpha value is -0.940. The third-order valence-electron chi connectivity index (χ3n) is 4.37. The zero-order valence-electron chi connectivity index (χ0n) is 13.2. The van der Waals surface area contributed by atoms with Crippen molar-refractivity contribution in [1.82, 2.24) is 4.90 Å². The molecule has 0 bridgehead atoms. The van der Waals surface area contributed by atoms with Gasteiger partial charge in [0.05, 0.1) is 25.4 Å². The van der Waals surface area contributed by atoms with Crippen LogP contribution in [0, 0.1) is 0 Å². The predicted octanol–water partition coefficient (Wildman–Crippen LogP) is 2.21. The lowest BCUT2D eigenvalue weighted by molar-refractivity contribution is -0.0265. The molecule has 1 saturated carbocycles. The van der Waals surface area contributed by atoms with Gasteiger partial charge in [0.1, 0.15) is 0 Å². The van der Waals surface area contributed by atoms with Crippen LogP contribution < -0.4 is 0 Å². The van der Waals surface area contributed by atoms with Crippen molar-refractivity contribution in [3.63, 3.8) is 0 Å². The van der Waals surface area contributed by atoms with Gasteiger partial charge in [-0.2, -0.15) is 0 Å². The number of ether oxygens (including phenoxy) is 2. The number of rotatable bonds is 9. The molecule has 122 valence electrons. The fourth-order valence-corrected chi connectivity index (χ4v) is 3.04. The molecule has 1 aliphatic heterocycles. The van der Waals surface area contributed by atoms with E-state index in [2.05, 4.69) is 29.2 Å². The third kappa shape index (κ3) is 5.06. The molecule has 22 heavy (non-hydrogen) atoms. The second kappa shape index (κ2) is 8.06. The number of benzene rings is 1. The summed E-state index contributed by atoms with van der Waals surface area (Å²) in [5.74, 6) is 0. The lowest BCUT2D eigenvalue weighted by Gasteiger charge is -2.25. The quantitative estimate of drug-likeness (QED) is 0.759. The Morgan fingerprint density at radius 2 is 2.05 bits per heavy atom. The summed E-state index contributed by atoms with van der Waals surface area (Å²) in [5, 5.41) is 10.2. The molecule has 1 N–H and O–H groups in total. The third-order valence-corrected chi connectivity index (χ3v) is 4.37. The molecule has 2 fully saturated rings. The highest BCUT2D eigenvalue weighted by Crippen LogP contribution is 2.28. The number of aliphatic hydroxyl groups excluding tert-OH is 1. The molecule has 1 aromatic rings. The maximum absolute atomic E-state index is 10.2. The first-order chi connectivity index (χ1) is 10.8. The van der Waals surface area contributed by atoms with Crippen LogP contribution in [0.25, 0.3) is 0 Å². The monoisotopic (exact) mass is 305 g/mol. The van der Waals surface area contributed by atoms with Gasteiger partial charge in [-0.05, 0) is 31.2 Å². The van der Waals surface area contributed by atoms with Crippen LogP contribution in [0.3, 0.4) is 0 Å². The highest BCUT2D eigenvalue weighted by Gasteiger charge is 2.30. The van der Waals surface area contributed by atoms with E-state index in [0.29, 0.717) is 25.8 Å². The van der Waals surface area contributed by atoms with E-state index >= 15 is 0 Å². The average Bonchev–Trinajstić information content (AvgIpc) is 3.25. The van der Waals surface area contributed by atoms with E-state index < -0.39 is 6.10 Å². The van der Waals surface area contributed by atoms with Crippen molar-refractivity contribution in [2.75, 3.05) is 26.4 Å². The van der Waals surface area contributed by atoms with Crippen molar-refractivity contribution in [1.29, 1.82) is 0 Å². The van der Waals surface area contributed by atoms with Gasteiger partial charge in [0, 0.05) is 25.7 Å². The van der Waals surface area contributed by atoms with Crippen molar-refractivity contribution in [2.45, 2.75) is 50.5 Å². The van der Waals surface area contributed by atoms with Crippen molar-refractivity contribution in [3.8, 4) is 0 Å². The molecule has 2 unspecified atom stereocenters. The normalized spacial score (nSPS) is 23.1. The number of nitrogens with zero attached hydrogens (tertiary/aromatic N) is 1. The highest BCUT2D eigenvalue weighted by atomic mass is 16.5. The van der Waals surface area contributed by atoms with Crippen LogP contribution in [0.15, 0.2) is 30.3 Å². The van der Waals surface area contributed by atoms with Crippen molar-refractivity contribution in [2.24, 2.45) is 0 Å². The largest absolute Gasteiger partial charge is 0.389 e. The van der Waals surface area contributed by atoms with E-state index in [0.717, 1.165) is 26.0 Å². The van der Waals surface area contributed by atoms with E-state index in [-0.39, 0.29) is 6.10 Å². The molecular formula is C18H27NO3. The van der Waals surface area contributed by atoms with Gasteiger partial charge in [-0.25, -0.2) is 0 Å². The van der Waals surface area contributed by atoms with Crippen LogP contribution in [0.2, 0.25) is 0 Å². The van der Waals surface area contributed by atoms with Crippen molar-refractivity contribution >= 4 is 0 Å². The fraction of sp³-hybridized carbons (Fsp3) is 0.667. The van der Waals surface area contributed by atoms with Gasteiger partial charge < -0.3 is 14.6 Å². The first-order valence-corrected chi connectivity index (χ1v) is 8.46. The smallest absolute Gasteiger partial charge is 0.0900 e. The SMILES string of the molecule is OC(COCC1CCCO1)CN(Cc1ccccc1)C1CC1. The molecule has 0 amide bonds. The van der Waals surface area contributed by atoms with Gasteiger partial charge in [-0.1, -0.05) is 30.3 Å². The summed E-state index contributed by atoms with van der Waals surface area (Å²) in [4.78, 5) is 2.38. The van der Waals surface area contributed by atoms with E-state index in [1.807, 2.05) is 6.07 Å². The molecule has 1 heterocycles. The van der Waals surface area contributed by atoms with E-state index in [1.54, 1.807) is 0 Å². The summed E-state index contributed by atoms with van der Waals surface area (Å²) in [6.07, 6.45) is 4.51. The van der Waals surface area contributed by atoms with Gasteiger partial charge in [0.2, 0.25) is 0 Å². The minimum absolute atomic E-state index is 0.232. The van der Waals surface area contributed by atoms with Gasteiger partial charge >= 0.3 is 0 Å². The lowest BCUT2D eigenvalue weighted by Crippen LogP contribution is -2.36. The van der Waals surface area contributed by atoms with Crippen molar-refractivity contribution in [3.05, 3.63) is 35.9 Å². The molecule has 3 rings (SSSR count). The molecule has 0 aromatic heterocycles. The number of hydrogen-bond donors (Lipinski definition) is 1. The van der Waals surface area contributed by atoms with Crippen LogP contribution in [-0.2, 0) is 16.0 Å². The van der Waals surface area contributed by atoms with Gasteiger partial charge in [0.15, 0.2) is 0 Å². The summed E-state index contributed by atoms with van der Waals surface area (Å²) in [6, 6.07) is 11.1. The predicted molar refractivity (Wildman–Crippen MR) is 85.7 cm³/mol. The summed E-state index contributed by atoms with van der Waals surface area (Å²) >= 11 is 0. The lowest BCUT2D eigenvalue weighted by atomic mass is 10.2. The topological polar surface area (TPSA) is 41.9 Å². The molecule has 1 saturated heterocycles. The van der Waals surface area contributed by atoms with E-state index in [9.17, 15) is 5.11 Å². The summed E-state index contributed by atoms with van der Waals surface area (Å²) in [7, 11) is 0.